The first-order valence-electron chi connectivity index (χ1n) is 4.91. The van der Waals surface area contributed by atoms with Gasteiger partial charge in [0.2, 0.25) is 0 Å². The molecule has 78 valence electrons. The molecule has 0 spiro atoms. The topological polar surface area (TPSA) is 22.0 Å². The number of hydrogen-bond donors (Lipinski definition) is 0. The lowest BCUT2D eigenvalue weighted by atomic mass is 10.1. The molecule has 0 aliphatic heterocycles. The smallest absolute Gasteiger partial charge is 0.150 e. The van der Waals surface area contributed by atoms with Crippen molar-refractivity contribution in [2.24, 2.45) is 7.05 Å². The predicted molar refractivity (Wildman–Crippen MR) is 62.7 cm³/mol. The number of rotatable bonds is 2. The summed E-state index contributed by atoms with van der Waals surface area (Å²) in [5.74, 6) is 0. The molecule has 1 aromatic heterocycles. The molecule has 0 aliphatic rings. The van der Waals surface area contributed by atoms with Crippen LogP contribution in [0.2, 0.25) is 5.02 Å². The first-order valence-corrected chi connectivity index (χ1v) is 5.29. The van der Waals surface area contributed by atoms with Crippen molar-refractivity contribution in [1.82, 2.24) is 4.57 Å². The molecule has 0 unspecified atom stereocenters. The van der Waals surface area contributed by atoms with E-state index in [1.165, 1.54) is 0 Å². The van der Waals surface area contributed by atoms with Crippen molar-refractivity contribution in [1.29, 1.82) is 0 Å². The highest BCUT2D eigenvalue weighted by molar-refractivity contribution is 6.37. The third kappa shape index (κ3) is 1.37. The van der Waals surface area contributed by atoms with Gasteiger partial charge in [0.25, 0.3) is 0 Å². The second-order valence-corrected chi connectivity index (χ2v) is 3.91. The van der Waals surface area contributed by atoms with E-state index in [1.54, 1.807) is 6.07 Å². The minimum atomic E-state index is 0.660. The Hall–Kier alpha value is -1.28. The van der Waals surface area contributed by atoms with E-state index < -0.39 is 0 Å². The number of fused-ring (bicyclic) bond motifs is 1. The van der Waals surface area contributed by atoms with Crippen LogP contribution in [0.25, 0.3) is 10.9 Å². The Morgan fingerprint density at radius 2 is 2.20 bits per heavy atom. The summed E-state index contributed by atoms with van der Waals surface area (Å²) in [7, 11) is 1.97. The van der Waals surface area contributed by atoms with E-state index >= 15 is 0 Å². The van der Waals surface area contributed by atoms with Crippen LogP contribution in [0.15, 0.2) is 18.2 Å². The molecule has 0 fully saturated rings. The quantitative estimate of drug-likeness (QED) is 0.714. The lowest BCUT2D eigenvalue weighted by Gasteiger charge is -2.00. The van der Waals surface area contributed by atoms with Crippen molar-refractivity contribution in [3.8, 4) is 0 Å². The van der Waals surface area contributed by atoms with E-state index in [0.29, 0.717) is 10.6 Å². The Bertz CT molecular complexity index is 528. The highest BCUT2D eigenvalue weighted by Crippen LogP contribution is 2.32. The first kappa shape index (κ1) is 10.2. The number of carbonyl (C=O) groups excluding carboxylic acids is 1. The summed E-state index contributed by atoms with van der Waals surface area (Å²) >= 11 is 6.27. The van der Waals surface area contributed by atoms with E-state index in [9.17, 15) is 4.79 Å². The van der Waals surface area contributed by atoms with Crippen LogP contribution in [0.3, 0.4) is 0 Å². The molecule has 1 heterocycles. The van der Waals surface area contributed by atoms with E-state index in [1.807, 2.05) is 23.7 Å². The zero-order valence-corrected chi connectivity index (χ0v) is 9.51. The average molecular weight is 222 g/mol. The molecule has 0 atom stereocenters. The standard InChI is InChI=1S/C12H12ClNO/c1-3-9-12(13)11-8(7-15)5-4-6-10(11)14(9)2/h4-7H,3H2,1-2H3. The van der Waals surface area contributed by atoms with Crippen molar-refractivity contribution in [3.63, 3.8) is 0 Å². The molecule has 0 radical (unpaired) electrons. The third-order valence-electron chi connectivity index (χ3n) is 2.78. The number of hydrogen-bond acceptors (Lipinski definition) is 1. The van der Waals surface area contributed by atoms with Crippen molar-refractivity contribution in [2.45, 2.75) is 13.3 Å². The number of nitrogens with zero attached hydrogens (tertiary/aromatic N) is 1. The predicted octanol–water partition coefficient (Wildman–Crippen LogP) is 3.21. The molecule has 2 nitrogen and oxygen atoms in total. The van der Waals surface area contributed by atoms with Crippen LogP contribution in [0.1, 0.15) is 23.0 Å². The Morgan fingerprint density at radius 1 is 1.47 bits per heavy atom. The van der Waals surface area contributed by atoms with Crippen LogP contribution in [0.4, 0.5) is 0 Å². The molecule has 0 saturated carbocycles. The molecule has 15 heavy (non-hydrogen) atoms. The maximum atomic E-state index is 10.9. The summed E-state index contributed by atoms with van der Waals surface area (Å²) < 4.78 is 2.05. The van der Waals surface area contributed by atoms with Crippen molar-refractivity contribution in [2.75, 3.05) is 0 Å². The number of carbonyl (C=O) groups is 1. The zero-order chi connectivity index (χ0) is 11.0. The fraction of sp³-hybridized carbons (Fsp3) is 0.250. The van der Waals surface area contributed by atoms with Gasteiger partial charge in [-0.3, -0.25) is 4.79 Å². The summed E-state index contributed by atoms with van der Waals surface area (Å²) in [5, 5.41) is 1.58. The van der Waals surface area contributed by atoms with E-state index in [-0.39, 0.29) is 0 Å². The van der Waals surface area contributed by atoms with Gasteiger partial charge in [0, 0.05) is 23.7 Å². The Kier molecular flexibility index (Phi) is 2.53. The second kappa shape index (κ2) is 3.70. The first-order chi connectivity index (χ1) is 7.20. The summed E-state index contributed by atoms with van der Waals surface area (Å²) in [4.78, 5) is 10.9. The molecular weight excluding hydrogens is 210 g/mol. The maximum Gasteiger partial charge on any atom is 0.150 e. The SMILES string of the molecule is CCc1c(Cl)c2c(C=O)cccc2n1C. The molecule has 0 saturated heterocycles. The van der Waals surface area contributed by atoms with Gasteiger partial charge < -0.3 is 4.57 Å². The number of halogens is 1. The van der Waals surface area contributed by atoms with Crippen LogP contribution in [-0.2, 0) is 13.5 Å². The zero-order valence-electron chi connectivity index (χ0n) is 8.75. The lowest BCUT2D eigenvalue weighted by Crippen LogP contribution is -1.93. The summed E-state index contributed by atoms with van der Waals surface area (Å²) in [6, 6.07) is 5.65. The Balaban J connectivity index is 2.94. The minimum Gasteiger partial charge on any atom is -0.346 e. The molecule has 0 aliphatic carbocycles. The molecule has 2 rings (SSSR count). The molecule has 0 amide bonds. The number of aryl methyl sites for hydroxylation is 1. The van der Waals surface area contributed by atoms with E-state index in [4.69, 9.17) is 11.6 Å². The third-order valence-corrected chi connectivity index (χ3v) is 3.18. The highest BCUT2D eigenvalue weighted by atomic mass is 35.5. The highest BCUT2D eigenvalue weighted by Gasteiger charge is 2.14. The summed E-state index contributed by atoms with van der Waals surface area (Å²) in [5.41, 5.74) is 2.75. The molecular formula is C12H12ClNO. The van der Waals surface area contributed by atoms with Gasteiger partial charge in [-0.1, -0.05) is 30.7 Å². The number of aldehydes is 1. The molecule has 0 N–H and O–H groups in total. The number of benzene rings is 1. The molecule has 3 heteroatoms. The molecule has 2 aromatic rings. The van der Waals surface area contributed by atoms with Crippen molar-refractivity contribution < 1.29 is 4.79 Å². The van der Waals surface area contributed by atoms with Gasteiger partial charge in [-0.15, -0.1) is 0 Å². The number of aromatic nitrogens is 1. The van der Waals surface area contributed by atoms with Gasteiger partial charge in [-0.2, -0.15) is 0 Å². The van der Waals surface area contributed by atoms with Gasteiger partial charge in [-0.25, -0.2) is 0 Å². The Morgan fingerprint density at radius 3 is 2.80 bits per heavy atom. The van der Waals surface area contributed by atoms with Crippen LogP contribution >= 0.6 is 11.6 Å². The maximum absolute atomic E-state index is 10.9. The largest absolute Gasteiger partial charge is 0.346 e. The van der Waals surface area contributed by atoms with Gasteiger partial charge >= 0.3 is 0 Å². The fourth-order valence-electron chi connectivity index (χ4n) is 2.00. The van der Waals surface area contributed by atoms with Crippen LogP contribution in [-0.4, -0.2) is 10.9 Å². The van der Waals surface area contributed by atoms with Gasteiger partial charge in [0.15, 0.2) is 6.29 Å². The van der Waals surface area contributed by atoms with Gasteiger partial charge in [0.05, 0.1) is 10.5 Å². The second-order valence-electron chi connectivity index (χ2n) is 3.53. The van der Waals surface area contributed by atoms with Crippen molar-refractivity contribution >= 4 is 28.8 Å². The van der Waals surface area contributed by atoms with Crippen LogP contribution < -0.4 is 0 Å². The monoisotopic (exact) mass is 221 g/mol. The van der Waals surface area contributed by atoms with Crippen molar-refractivity contribution in [3.05, 3.63) is 34.5 Å². The summed E-state index contributed by atoms with van der Waals surface area (Å²) in [6.45, 7) is 2.06. The van der Waals surface area contributed by atoms with Gasteiger partial charge in [0.1, 0.15) is 0 Å². The summed E-state index contributed by atoms with van der Waals surface area (Å²) in [6.07, 6.45) is 1.72. The average Bonchev–Trinajstić information content (AvgIpc) is 2.51. The lowest BCUT2D eigenvalue weighted by molar-refractivity contribution is 0.112. The van der Waals surface area contributed by atoms with E-state index in [2.05, 4.69) is 6.92 Å². The van der Waals surface area contributed by atoms with E-state index in [0.717, 1.165) is 29.3 Å². The fourth-order valence-corrected chi connectivity index (χ4v) is 2.47. The normalized spacial score (nSPS) is 10.9. The molecule has 0 bridgehead atoms. The Labute approximate surface area is 93.5 Å². The van der Waals surface area contributed by atoms with Crippen LogP contribution in [0, 0.1) is 0 Å². The van der Waals surface area contributed by atoms with Crippen LogP contribution in [0.5, 0.6) is 0 Å². The van der Waals surface area contributed by atoms with Gasteiger partial charge in [-0.05, 0) is 12.5 Å². The molecule has 1 aromatic carbocycles. The minimum absolute atomic E-state index is 0.660.